The number of esters is 3. The van der Waals surface area contributed by atoms with E-state index in [-0.39, 0.29) is 22.8 Å². The van der Waals surface area contributed by atoms with E-state index >= 15 is 0 Å². The highest BCUT2D eigenvalue weighted by atomic mass is 16.6. The predicted molar refractivity (Wildman–Crippen MR) is 75.4 cm³/mol. The van der Waals surface area contributed by atoms with Crippen LogP contribution in [0.1, 0.15) is 37.6 Å². The first-order chi connectivity index (χ1) is 10.7. The van der Waals surface area contributed by atoms with Crippen LogP contribution in [0.15, 0.2) is 12.1 Å². The van der Waals surface area contributed by atoms with Crippen molar-refractivity contribution in [2.24, 2.45) is 0 Å². The van der Waals surface area contributed by atoms with Crippen LogP contribution < -0.4 is 14.2 Å². The van der Waals surface area contributed by atoms with Crippen molar-refractivity contribution in [1.82, 2.24) is 0 Å². The number of carbonyl (C=O) groups excluding carboxylic acids is 5. The molecule has 0 aliphatic rings. The summed E-state index contributed by atoms with van der Waals surface area (Å²) in [6, 6.07) is 2.25. The van der Waals surface area contributed by atoms with Gasteiger partial charge in [0, 0.05) is 26.3 Å². The maximum absolute atomic E-state index is 11.8. The van der Waals surface area contributed by atoms with Gasteiger partial charge in [-0.05, 0) is 12.1 Å². The van der Waals surface area contributed by atoms with Crippen LogP contribution in [0.3, 0.4) is 0 Å². The number of hydrogen-bond acceptors (Lipinski definition) is 8. The summed E-state index contributed by atoms with van der Waals surface area (Å²) in [6.45, 7) is 3.30. The third kappa shape index (κ3) is 5.34. The van der Waals surface area contributed by atoms with Crippen LogP contribution in [0.5, 0.6) is 17.2 Å². The second kappa shape index (κ2) is 7.83. The highest BCUT2D eigenvalue weighted by Crippen LogP contribution is 2.39. The molecule has 0 amide bonds. The Morgan fingerprint density at radius 3 is 1.65 bits per heavy atom. The van der Waals surface area contributed by atoms with E-state index in [2.05, 4.69) is 0 Å². The van der Waals surface area contributed by atoms with Crippen molar-refractivity contribution in [3.63, 3.8) is 0 Å². The normalized spacial score (nSPS) is 9.70. The number of Topliss-reactive ketones (excluding diaryl/α,β-unsaturated/α-hetero) is 1. The molecule has 8 nitrogen and oxygen atoms in total. The summed E-state index contributed by atoms with van der Waals surface area (Å²) >= 11 is 0. The molecular formula is C15H14O8. The highest BCUT2D eigenvalue weighted by molar-refractivity contribution is 6.03. The molecule has 0 saturated carbocycles. The third-order valence-electron chi connectivity index (χ3n) is 2.36. The molecule has 0 saturated heterocycles. The van der Waals surface area contributed by atoms with Crippen molar-refractivity contribution in [3.05, 3.63) is 17.7 Å². The zero-order valence-corrected chi connectivity index (χ0v) is 12.7. The van der Waals surface area contributed by atoms with E-state index in [1.807, 2.05) is 0 Å². The summed E-state index contributed by atoms with van der Waals surface area (Å²) in [6.07, 6.45) is -0.00867. The van der Waals surface area contributed by atoms with E-state index in [4.69, 9.17) is 14.2 Å². The van der Waals surface area contributed by atoms with Gasteiger partial charge >= 0.3 is 17.9 Å². The zero-order valence-electron chi connectivity index (χ0n) is 12.7. The van der Waals surface area contributed by atoms with Gasteiger partial charge in [-0.15, -0.1) is 0 Å². The Bertz CT molecular complexity index is 637. The Morgan fingerprint density at radius 2 is 1.30 bits per heavy atom. The molecule has 0 aliphatic heterocycles. The fraction of sp³-hybridized carbons (Fsp3) is 0.267. The smallest absolute Gasteiger partial charge is 0.308 e. The van der Waals surface area contributed by atoms with Crippen LogP contribution in [0.2, 0.25) is 0 Å². The molecule has 1 aromatic rings. The molecule has 1 aromatic carbocycles. The van der Waals surface area contributed by atoms with Crippen molar-refractivity contribution < 1.29 is 38.2 Å². The van der Waals surface area contributed by atoms with Crippen LogP contribution in [0, 0.1) is 0 Å². The SMILES string of the molecule is CC(=O)Oc1cc(C(=O)CC=O)cc(OC(C)=O)c1OC(C)=O. The summed E-state index contributed by atoms with van der Waals surface area (Å²) in [5.74, 6) is -3.69. The molecule has 0 spiro atoms. The molecule has 1 rings (SSSR count). The molecule has 0 N–H and O–H groups in total. The molecule has 8 heteroatoms. The van der Waals surface area contributed by atoms with E-state index in [0.29, 0.717) is 6.29 Å². The number of carbonyl (C=O) groups is 5. The summed E-state index contributed by atoms with van der Waals surface area (Å²) in [5.41, 5.74) is -0.0412. The second-order valence-electron chi connectivity index (χ2n) is 4.38. The first kappa shape index (κ1) is 18.0. The van der Waals surface area contributed by atoms with Crippen LogP contribution in [0.4, 0.5) is 0 Å². The van der Waals surface area contributed by atoms with Crippen molar-refractivity contribution in [3.8, 4) is 17.2 Å². The van der Waals surface area contributed by atoms with Crippen molar-refractivity contribution in [2.45, 2.75) is 27.2 Å². The van der Waals surface area contributed by atoms with Gasteiger partial charge in [0.1, 0.15) is 6.29 Å². The Labute approximate surface area is 131 Å². The van der Waals surface area contributed by atoms with Gasteiger partial charge < -0.3 is 19.0 Å². The quantitative estimate of drug-likeness (QED) is 0.253. The summed E-state index contributed by atoms with van der Waals surface area (Å²) in [7, 11) is 0. The van der Waals surface area contributed by atoms with Gasteiger partial charge in [0.05, 0.1) is 6.42 Å². The van der Waals surface area contributed by atoms with E-state index in [9.17, 15) is 24.0 Å². The van der Waals surface area contributed by atoms with Gasteiger partial charge in [-0.2, -0.15) is 0 Å². The molecule has 0 aliphatic carbocycles. The van der Waals surface area contributed by atoms with Crippen LogP contribution in [-0.2, 0) is 19.2 Å². The number of ether oxygens (including phenoxy) is 3. The minimum absolute atomic E-state index is 0.0412. The summed E-state index contributed by atoms with van der Waals surface area (Å²) in [5, 5.41) is 0. The lowest BCUT2D eigenvalue weighted by Crippen LogP contribution is -2.12. The van der Waals surface area contributed by atoms with Gasteiger partial charge in [0.2, 0.25) is 5.75 Å². The minimum Gasteiger partial charge on any atom is -0.423 e. The Morgan fingerprint density at radius 1 is 0.870 bits per heavy atom. The molecule has 0 bridgehead atoms. The molecule has 0 fully saturated rings. The van der Waals surface area contributed by atoms with E-state index in [1.165, 1.54) is 0 Å². The third-order valence-corrected chi connectivity index (χ3v) is 2.36. The maximum Gasteiger partial charge on any atom is 0.308 e. The van der Waals surface area contributed by atoms with Gasteiger partial charge in [0.25, 0.3) is 0 Å². The first-order valence-corrected chi connectivity index (χ1v) is 6.44. The molecule has 0 radical (unpaired) electrons. The monoisotopic (exact) mass is 322 g/mol. The van der Waals surface area contributed by atoms with Gasteiger partial charge in [-0.25, -0.2) is 0 Å². The topological polar surface area (TPSA) is 113 Å². The van der Waals surface area contributed by atoms with Crippen molar-refractivity contribution in [1.29, 1.82) is 0 Å². The van der Waals surface area contributed by atoms with Gasteiger partial charge in [-0.1, -0.05) is 0 Å². The van der Waals surface area contributed by atoms with Crippen LogP contribution in [-0.4, -0.2) is 30.0 Å². The lowest BCUT2D eigenvalue weighted by molar-refractivity contribution is -0.135. The van der Waals surface area contributed by atoms with Crippen LogP contribution >= 0.6 is 0 Å². The van der Waals surface area contributed by atoms with E-state index < -0.39 is 30.1 Å². The fourth-order valence-electron chi connectivity index (χ4n) is 1.64. The Kier molecular flexibility index (Phi) is 6.13. The fourth-order valence-corrected chi connectivity index (χ4v) is 1.64. The summed E-state index contributed by atoms with van der Waals surface area (Å²) in [4.78, 5) is 55.9. The number of rotatable bonds is 6. The van der Waals surface area contributed by atoms with Crippen molar-refractivity contribution >= 4 is 30.0 Å². The highest BCUT2D eigenvalue weighted by Gasteiger charge is 2.22. The lowest BCUT2D eigenvalue weighted by Gasteiger charge is -2.14. The van der Waals surface area contributed by atoms with Crippen LogP contribution in [0.25, 0.3) is 0 Å². The van der Waals surface area contributed by atoms with Gasteiger partial charge in [0.15, 0.2) is 17.3 Å². The molecule has 0 unspecified atom stereocenters. The zero-order chi connectivity index (χ0) is 17.6. The number of hydrogen-bond donors (Lipinski definition) is 0. The maximum atomic E-state index is 11.8. The predicted octanol–water partition coefficient (Wildman–Crippen LogP) is 1.23. The van der Waals surface area contributed by atoms with Crippen molar-refractivity contribution in [2.75, 3.05) is 0 Å². The molecular weight excluding hydrogens is 308 g/mol. The molecule has 0 heterocycles. The largest absolute Gasteiger partial charge is 0.423 e. The summed E-state index contributed by atoms with van der Waals surface area (Å²) < 4.78 is 14.7. The minimum atomic E-state index is -0.751. The van der Waals surface area contributed by atoms with E-state index in [1.54, 1.807) is 0 Å². The number of ketones is 1. The molecule has 0 aromatic heterocycles. The first-order valence-electron chi connectivity index (χ1n) is 6.44. The van der Waals surface area contributed by atoms with Gasteiger partial charge in [-0.3, -0.25) is 19.2 Å². The molecule has 122 valence electrons. The number of benzene rings is 1. The lowest BCUT2D eigenvalue weighted by atomic mass is 10.1. The molecule has 0 atom stereocenters. The number of aldehydes is 1. The second-order valence-corrected chi connectivity index (χ2v) is 4.38. The average Bonchev–Trinajstić information content (AvgIpc) is 2.40. The Balaban J connectivity index is 3.51. The molecule has 23 heavy (non-hydrogen) atoms. The standard InChI is InChI=1S/C15H14O8/c1-8(17)21-13-6-11(12(20)4-5-16)7-14(22-9(2)18)15(13)23-10(3)19/h5-7H,4H2,1-3H3. The van der Waals surface area contributed by atoms with E-state index in [0.717, 1.165) is 32.9 Å². The average molecular weight is 322 g/mol. The Hall–Kier alpha value is -3.03.